The van der Waals surface area contributed by atoms with Crippen molar-refractivity contribution in [2.75, 3.05) is 52.5 Å². The minimum atomic E-state index is -1.46. The summed E-state index contributed by atoms with van der Waals surface area (Å²) in [6.45, 7) is -1.48. The molecule has 0 saturated carbocycles. The van der Waals surface area contributed by atoms with Gasteiger partial charge in [-0.3, -0.25) is 9.59 Å². The van der Waals surface area contributed by atoms with Crippen molar-refractivity contribution in [1.82, 2.24) is 10.2 Å². The molecule has 9 nitrogen and oxygen atoms in total. The average Bonchev–Trinajstić information content (AvgIpc) is 2.67. The Morgan fingerprint density at radius 3 is 2.44 bits per heavy atom. The van der Waals surface area contributed by atoms with Crippen molar-refractivity contribution in [3.8, 4) is 5.75 Å². The van der Waals surface area contributed by atoms with Crippen molar-refractivity contribution < 1.29 is 29.6 Å². The van der Waals surface area contributed by atoms with Crippen LogP contribution in [0, 0.1) is 0 Å². The van der Waals surface area contributed by atoms with Crippen LogP contribution >= 0.6 is 0 Å². The quantitative estimate of drug-likeness (QED) is 0.468. The van der Waals surface area contributed by atoms with E-state index in [4.69, 9.17) is 4.74 Å². The molecule has 0 unspecified atom stereocenters. The van der Waals surface area contributed by atoms with Crippen LogP contribution in [0.1, 0.15) is 16.8 Å². The molecular formula is C18H27N3O6. The minimum absolute atomic E-state index is 0.0313. The van der Waals surface area contributed by atoms with Gasteiger partial charge in [-0.25, -0.2) is 0 Å². The summed E-state index contributed by atoms with van der Waals surface area (Å²) in [7, 11) is 5.15. The number of aliphatic hydroxyl groups excluding tert-OH is 3. The van der Waals surface area contributed by atoms with Crippen LogP contribution < -0.4 is 15.0 Å². The molecule has 0 radical (unpaired) electrons. The van der Waals surface area contributed by atoms with Gasteiger partial charge in [0.2, 0.25) is 5.91 Å². The SMILES string of the molecule is CN(C)C(=O)c1ccc2c(c1)N(C)[C@@H](CC(=O)NC(CO)(CO)CO)CO2. The average molecular weight is 381 g/mol. The van der Waals surface area contributed by atoms with Crippen LogP contribution in [0.3, 0.4) is 0 Å². The molecule has 1 heterocycles. The van der Waals surface area contributed by atoms with Crippen LogP contribution in [0.5, 0.6) is 5.75 Å². The van der Waals surface area contributed by atoms with Crippen molar-refractivity contribution in [1.29, 1.82) is 0 Å². The van der Waals surface area contributed by atoms with Gasteiger partial charge in [0.1, 0.15) is 17.9 Å². The van der Waals surface area contributed by atoms with Gasteiger partial charge in [-0.2, -0.15) is 0 Å². The van der Waals surface area contributed by atoms with Gasteiger partial charge >= 0.3 is 0 Å². The van der Waals surface area contributed by atoms with E-state index in [2.05, 4.69) is 5.32 Å². The largest absolute Gasteiger partial charge is 0.489 e. The normalized spacial score (nSPS) is 16.4. The van der Waals surface area contributed by atoms with Crippen molar-refractivity contribution in [2.45, 2.75) is 18.0 Å². The number of carbonyl (C=O) groups excluding carboxylic acids is 2. The van der Waals surface area contributed by atoms with Gasteiger partial charge in [-0.05, 0) is 18.2 Å². The maximum atomic E-state index is 12.3. The maximum Gasteiger partial charge on any atom is 0.253 e. The van der Waals surface area contributed by atoms with Gasteiger partial charge in [0.05, 0.1) is 38.0 Å². The van der Waals surface area contributed by atoms with Crippen LogP contribution in [0.15, 0.2) is 18.2 Å². The van der Waals surface area contributed by atoms with Crippen molar-refractivity contribution in [2.24, 2.45) is 0 Å². The maximum absolute atomic E-state index is 12.3. The molecule has 0 aliphatic carbocycles. The van der Waals surface area contributed by atoms with E-state index < -0.39 is 31.3 Å². The molecule has 9 heteroatoms. The first-order valence-electron chi connectivity index (χ1n) is 8.62. The number of hydrogen-bond donors (Lipinski definition) is 4. The molecule has 1 aliphatic heterocycles. The molecule has 0 bridgehead atoms. The summed E-state index contributed by atoms with van der Waals surface area (Å²) in [6, 6.07) is 4.84. The van der Waals surface area contributed by atoms with Crippen molar-refractivity contribution in [3.63, 3.8) is 0 Å². The zero-order valence-corrected chi connectivity index (χ0v) is 15.8. The summed E-state index contributed by atoms with van der Waals surface area (Å²) >= 11 is 0. The Kier molecular flexibility index (Phi) is 6.63. The fraction of sp³-hybridized carbons (Fsp3) is 0.556. The van der Waals surface area contributed by atoms with Crippen LogP contribution in [0.2, 0.25) is 0 Å². The first-order valence-corrected chi connectivity index (χ1v) is 8.62. The Hall–Kier alpha value is -2.36. The topological polar surface area (TPSA) is 123 Å². The summed E-state index contributed by atoms with van der Waals surface area (Å²) in [6.07, 6.45) is 0.0313. The molecule has 27 heavy (non-hydrogen) atoms. The Balaban J connectivity index is 2.13. The molecule has 2 amide bonds. The molecule has 1 atom stereocenters. The highest BCUT2D eigenvalue weighted by Gasteiger charge is 2.33. The molecule has 1 aliphatic rings. The lowest BCUT2D eigenvalue weighted by molar-refractivity contribution is -0.126. The number of rotatable bonds is 7. The number of benzene rings is 1. The predicted octanol–water partition coefficient (Wildman–Crippen LogP) is -1.19. The molecule has 2 rings (SSSR count). The van der Waals surface area contributed by atoms with Crippen LogP contribution in [-0.4, -0.2) is 91.2 Å². The van der Waals surface area contributed by atoms with Gasteiger partial charge in [0.15, 0.2) is 0 Å². The van der Waals surface area contributed by atoms with E-state index in [0.29, 0.717) is 17.0 Å². The molecule has 0 fully saturated rings. The number of carbonyl (C=O) groups is 2. The van der Waals surface area contributed by atoms with E-state index in [9.17, 15) is 24.9 Å². The number of ether oxygens (including phenoxy) is 1. The monoisotopic (exact) mass is 381 g/mol. The zero-order chi connectivity index (χ0) is 20.2. The summed E-state index contributed by atoms with van der Waals surface area (Å²) < 4.78 is 5.72. The lowest BCUT2D eigenvalue weighted by atomic mass is 10.0. The smallest absolute Gasteiger partial charge is 0.253 e. The first kappa shape index (κ1) is 20.9. The molecule has 0 aromatic heterocycles. The fourth-order valence-electron chi connectivity index (χ4n) is 2.83. The molecule has 1 aromatic rings. The second-order valence-electron chi connectivity index (χ2n) is 6.96. The van der Waals surface area contributed by atoms with Crippen LogP contribution in [-0.2, 0) is 4.79 Å². The van der Waals surface area contributed by atoms with E-state index in [1.165, 1.54) is 4.90 Å². The number of anilines is 1. The van der Waals surface area contributed by atoms with Gasteiger partial charge in [0.25, 0.3) is 5.91 Å². The van der Waals surface area contributed by atoms with Gasteiger partial charge in [-0.15, -0.1) is 0 Å². The van der Waals surface area contributed by atoms with Gasteiger partial charge in [0, 0.05) is 26.7 Å². The molecule has 150 valence electrons. The first-order chi connectivity index (χ1) is 12.8. The molecule has 0 spiro atoms. The third-order valence-corrected chi connectivity index (χ3v) is 4.70. The van der Waals surface area contributed by atoms with Crippen molar-refractivity contribution >= 4 is 17.5 Å². The Morgan fingerprint density at radius 1 is 1.26 bits per heavy atom. The highest BCUT2D eigenvalue weighted by atomic mass is 16.5. The van der Waals surface area contributed by atoms with E-state index in [0.717, 1.165) is 0 Å². The zero-order valence-electron chi connectivity index (χ0n) is 15.8. The molecule has 1 aromatic carbocycles. The number of likely N-dealkylation sites (N-methyl/N-ethyl adjacent to an activating group) is 1. The fourth-order valence-corrected chi connectivity index (χ4v) is 2.83. The molecular weight excluding hydrogens is 354 g/mol. The van der Waals surface area contributed by atoms with Crippen molar-refractivity contribution in [3.05, 3.63) is 23.8 Å². The Morgan fingerprint density at radius 2 is 1.89 bits per heavy atom. The van der Waals surface area contributed by atoms with Crippen LogP contribution in [0.25, 0.3) is 0 Å². The molecule has 4 N–H and O–H groups in total. The number of fused-ring (bicyclic) bond motifs is 1. The minimum Gasteiger partial charge on any atom is -0.489 e. The highest BCUT2D eigenvalue weighted by molar-refractivity contribution is 5.95. The standard InChI is InChI=1S/C18H27N3O6/c1-20(2)17(26)12-4-5-15-14(6-12)21(3)13(8-27-15)7-16(25)19-18(9-22,10-23)11-24/h4-6,13,22-24H,7-11H2,1-3H3,(H,19,25)/t13-/m0/s1. The van der Waals surface area contributed by atoms with Crippen LogP contribution in [0.4, 0.5) is 5.69 Å². The van der Waals surface area contributed by atoms with E-state index in [-0.39, 0.29) is 25.0 Å². The number of aliphatic hydroxyl groups is 3. The Labute approximate surface area is 158 Å². The lowest BCUT2D eigenvalue weighted by Gasteiger charge is -2.37. The second kappa shape index (κ2) is 8.55. The summed E-state index contributed by atoms with van der Waals surface area (Å²) in [5.74, 6) is 0.0566. The number of nitrogens with one attached hydrogen (secondary N) is 1. The predicted molar refractivity (Wildman–Crippen MR) is 98.9 cm³/mol. The Bertz CT molecular complexity index is 681. The van der Waals surface area contributed by atoms with Gasteiger partial charge < -0.3 is 35.2 Å². The number of amides is 2. The summed E-state index contributed by atoms with van der Waals surface area (Å²) in [5.41, 5.74) is -0.252. The number of hydrogen-bond acceptors (Lipinski definition) is 7. The summed E-state index contributed by atoms with van der Waals surface area (Å²) in [4.78, 5) is 27.9. The third kappa shape index (κ3) is 4.49. The van der Waals surface area contributed by atoms with E-state index in [1.807, 2.05) is 4.90 Å². The lowest BCUT2D eigenvalue weighted by Crippen LogP contribution is -2.58. The number of nitrogens with zero attached hydrogens (tertiary/aromatic N) is 2. The van der Waals surface area contributed by atoms with E-state index in [1.54, 1.807) is 39.3 Å². The third-order valence-electron chi connectivity index (χ3n) is 4.70. The van der Waals surface area contributed by atoms with E-state index >= 15 is 0 Å². The highest BCUT2D eigenvalue weighted by Crippen LogP contribution is 2.34. The van der Waals surface area contributed by atoms with Gasteiger partial charge in [-0.1, -0.05) is 0 Å². The second-order valence-corrected chi connectivity index (χ2v) is 6.96. The summed E-state index contributed by atoms with van der Waals surface area (Å²) in [5, 5.41) is 30.5. The molecule has 0 saturated heterocycles.